The van der Waals surface area contributed by atoms with Crippen LogP contribution in [0.25, 0.3) is 5.82 Å². The molecule has 25 heavy (non-hydrogen) atoms. The van der Waals surface area contributed by atoms with E-state index in [-0.39, 0.29) is 16.9 Å². The highest BCUT2D eigenvalue weighted by atomic mass is 19.1. The van der Waals surface area contributed by atoms with E-state index in [0.717, 1.165) is 12.1 Å². The molecule has 0 aliphatic heterocycles. The van der Waals surface area contributed by atoms with Crippen molar-refractivity contribution >= 4 is 17.6 Å². The van der Waals surface area contributed by atoms with Crippen LogP contribution in [0.5, 0.6) is 0 Å². The number of benzene rings is 1. The van der Waals surface area contributed by atoms with Gasteiger partial charge in [-0.2, -0.15) is 0 Å². The van der Waals surface area contributed by atoms with E-state index in [9.17, 15) is 14.0 Å². The Morgan fingerprint density at radius 2 is 2.04 bits per heavy atom. The zero-order valence-corrected chi connectivity index (χ0v) is 13.0. The van der Waals surface area contributed by atoms with E-state index >= 15 is 0 Å². The van der Waals surface area contributed by atoms with Crippen LogP contribution in [0.4, 0.5) is 10.1 Å². The maximum Gasteiger partial charge on any atom is 0.340 e. The first-order valence-corrected chi connectivity index (χ1v) is 7.10. The summed E-state index contributed by atoms with van der Waals surface area (Å²) in [6.07, 6.45) is 4.82. The summed E-state index contributed by atoms with van der Waals surface area (Å²) in [5.41, 5.74) is 0.0431. The lowest BCUT2D eigenvalue weighted by Gasteiger charge is -2.09. The summed E-state index contributed by atoms with van der Waals surface area (Å²) in [5.74, 6) is -1.49. The van der Waals surface area contributed by atoms with Gasteiger partial charge in [0.05, 0.1) is 18.4 Å². The third-order valence-corrected chi connectivity index (χ3v) is 3.29. The molecule has 0 atom stereocenters. The molecular weight excluding hydrogens is 329 g/mol. The molecule has 0 spiro atoms. The standard InChI is InChI=1S/C16H12FN5O3/c1-25-16(24)11-8-10(17)2-3-12(11)19-15(23)13-4-5-14(21-20-13)22-7-6-18-9-22/h2-9H,1H3,(H,19,23). The molecule has 1 aromatic carbocycles. The van der Waals surface area contributed by atoms with Gasteiger partial charge in [0.2, 0.25) is 0 Å². The van der Waals surface area contributed by atoms with Crippen LogP contribution in [0, 0.1) is 5.82 Å². The number of nitrogens with zero attached hydrogens (tertiary/aromatic N) is 4. The number of anilines is 1. The number of hydrogen-bond acceptors (Lipinski definition) is 6. The second-order valence-electron chi connectivity index (χ2n) is 4.88. The van der Waals surface area contributed by atoms with E-state index in [1.807, 2.05) is 0 Å². The molecule has 2 heterocycles. The minimum atomic E-state index is -0.767. The lowest BCUT2D eigenvalue weighted by atomic mass is 10.1. The molecule has 3 rings (SSSR count). The molecule has 3 aromatic rings. The van der Waals surface area contributed by atoms with Gasteiger partial charge in [-0.25, -0.2) is 14.2 Å². The Kier molecular flexibility index (Phi) is 4.46. The van der Waals surface area contributed by atoms with E-state index in [1.54, 1.807) is 29.4 Å². The first kappa shape index (κ1) is 16.2. The Balaban J connectivity index is 1.82. The number of aromatic nitrogens is 4. The smallest absolute Gasteiger partial charge is 0.340 e. The number of halogens is 1. The molecule has 1 amide bonds. The minimum absolute atomic E-state index is 0.0315. The maximum absolute atomic E-state index is 13.3. The van der Waals surface area contributed by atoms with Crippen LogP contribution in [0.2, 0.25) is 0 Å². The van der Waals surface area contributed by atoms with Gasteiger partial charge in [-0.3, -0.25) is 9.36 Å². The molecule has 126 valence electrons. The number of carbonyl (C=O) groups is 2. The third kappa shape index (κ3) is 3.50. The van der Waals surface area contributed by atoms with Gasteiger partial charge in [-0.15, -0.1) is 10.2 Å². The van der Waals surface area contributed by atoms with Gasteiger partial charge in [0.15, 0.2) is 11.5 Å². The van der Waals surface area contributed by atoms with Crippen molar-refractivity contribution < 1.29 is 18.7 Å². The fourth-order valence-corrected chi connectivity index (χ4v) is 2.07. The van der Waals surface area contributed by atoms with Crippen LogP contribution in [-0.4, -0.2) is 38.7 Å². The van der Waals surface area contributed by atoms with Crippen molar-refractivity contribution in [2.45, 2.75) is 0 Å². The Hall–Kier alpha value is -3.62. The van der Waals surface area contributed by atoms with Gasteiger partial charge >= 0.3 is 5.97 Å². The lowest BCUT2D eigenvalue weighted by Crippen LogP contribution is -2.17. The van der Waals surface area contributed by atoms with E-state index < -0.39 is 17.7 Å². The fourth-order valence-electron chi connectivity index (χ4n) is 2.07. The zero-order valence-electron chi connectivity index (χ0n) is 13.0. The summed E-state index contributed by atoms with van der Waals surface area (Å²) in [6.45, 7) is 0. The predicted molar refractivity (Wildman–Crippen MR) is 84.8 cm³/mol. The van der Waals surface area contributed by atoms with Crippen LogP contribution >= 0.6 is 0 Å². The second kappa shape index (κ2) is 6.87. The van der Waals surface area contributed by atoms with Crippen LogP contribution in [0.3, 0.4) is 0 Å². The molecule has 1 N–H and O–H groups in total. The molecule has 0 aliphatic rings. The summed E-state index contributed by atoms with van der Waals surface area (Å²) in [5, 5.41) is 10.3. The number of esters is 1. The average Bonchev–Trinajstić information content (AvgIpc) is 3.17. The van der Waals surface area contributed by atoms with E-state index in [4.69, 9.17) is 0 Å². The second-order valence-corrected chi connectivity index (χ2v) is 4.88. The Morgan fingerprint density at radius 3 is 2.68 bits per heavy atom. The minimum Gasteiger partial charge on any atom is -0.465 e. The maximum atomic E-state index is 13.3. The SMILES string of the molecule is COC(=O)c1cc(F)ccc1NC(=O)c1ccc(-n2ccnc2)nn1. The topological polar surface area (TPSA) is 99.0 Å². The Morgan fingerprint density at radius 1 is 1.20 bits per heavy atom. The molecular formula is C16H12FN5O3. The summed E-state index contributed by atoms with van der Waals surface area (Å²) >= 11 is 0. The van der Waals surface area contributed by atoms with Gasteiger partial charge in [0, 0.05) is 12.4 Å². The number of rotatable bonds is 4. The Labute approximate surface area is 141 Å². The number of amides is 1. The van der Waals surface area contributed by atoms with Crippen molar-refractivity contribution in [3.8, 4) is 5.82 Å². The normalized spacial score (nSPS) is 10.3. The van der Waals surface area contributed by atoms with Crippen molar-refractivity contribution in [2.24, 2.45) is 0 Å². The van der Waals surface area contributed by atoms with Gasteiger partial charge < -0.3 is 10.1 Å². The summed E-state index contributed by atoms with van der Waals surface area (Å²) < 4.78 is 19.5. The molecule has 0 fully saturated rings. The lowest BCUT2D eigenvalue weighted by molar-refractivity contribution is 0.0601. The first-order valence-electron chi connectivity index (χ1n) is 7.10. The highest BCUT2D eigenvalue weighted by Crippen LogP contribution is 2.19. The number of hydrogen-bond donors (Lipinski definition) is 1. The third-order valence-electron chi connectivity index (χ3n) is 3.29. The van der Waals surface area contributed by atoms with E-state index in [1.165, 1.54) is 19.2 Å². The molecule has 8 nitrogen and oxygen atoms in total. The number of imidazole rings is 1. The number of carbonyl (C=O) groups excluding carboxylic acids is 2. The molecule has 0 bridgehead atoms. The molecule has 2 aromatic heterocycles. The largest absolute Gasteiger partial charge is 0.465 e. The van der Waals surface area contributed by atoms with Crippen LogP contribution in [-0.2, 0) is 4.74 Å². The summed E-state index contributed by atoms with van der Waals surface area (Å²) in [7, 11) is 1.17. The molecule has 0 aliphatic carbocycles. The molecule has 0 radical (unpaired) electrons. The van der Waals surface area contributed by atoms with Crippen molar-refractivity contribution in [1.82, 2.24) is 19.7 Å². The van der Waals surface area contributed by atoms with Crippen LogP contribution < -0.4 is 5.32 Å². The number of nitrogens with one attached hydrogen (secondary N) is 1. The summed E-state index contributed by atoms with van der Waals surface area (Å²) in [4.78, 5) is 27.9. The predicted octanol–water partition coefficient (Wildman–Crippen LogP) is 1.84. The van der Waals surface area contributed by atoms with Gasteiger partial charge in [-0.05, 0) is 30.3 Å². The summed E-state index contributed by atoms with van der Waals surface area (Å²) in [6, 6.07) is 6.44. The quantitative estimate of drug-likeness (QED) is 0.727. The average molecular weight is 341 g/mol. The van der Waals surface area contributed by atoms with Crippen molar-refractivity contribution in [3.05, 3.63) is 66.1 Å². The Bertz CT molecular complexity index is 910. The molecule has 0 saturated carbocycles. The highest BCUT2D eigenvalue weighted by Gasteiger charge is 2.17. The van der Waals surface area contributed by atoms with Crippen LogP contribution in [0.15, 0.2) is 49.1 Å². The zero-order chi connectivity index (χ0) is 17.8. The van der Waals surface area contributed by atoms with Crippen molar-refractivity contribution in [3.63, 3.8) is 0 Å². The number of ether oxygens (including phenoxy) is 1. The van der Waals surface area contributed by atoms with Gasteiger partial charge in [-0.1, -0.05) is 0 Å². The van der Waals surface area contributed by atoms with Gasteiger partial charge in [0.1, 0.15) is 12.1 Å². The number of methoxy groups -OCH3 is 1. The van der Waals surface area contributed by atoms with Gasteiger partial charge in [0.25, 0.3) is 5.91 Å². The molecule has 0 unspecified atom stereocenters. The van der Waals surface area contributed by atoms with Crippen molar-refractivity contribution in [2.75, 3.05) is 12.4 Å². The van der Waals surface area contributed by atoms with E-state index in [2.05, 4.69) is 25.2 Å². The fraction of sp³-hybridized carbons (Fsp3) is 0.0625. The molecule has 9 heteroatoms. The monoisotopic (exact) mass is 341 g/mol. The van der Waals surface area contributed by atoms with Crippen molar-refractivity contribution in [1.29, 1.82) is 0 Å². The van der Waals surface area contributed by atoms with E-state index in [0.29, 0.717) is 5.82 Å². The first-order chi connectivity index (χ1) is 12.1. The van der Waals surface area contributed by atoms with Crippen LogP contribution in [0.1, 0.15) is 20.8 Å². The molecule has 0 saturated heterocycles. The highest BCUT2D eigenvalue weighted by molar-refractivity contribution is 6.07.